The summed E-state index contributed by atoms with van der Waals surface area (Å²) in [6, 6.07) is 7.09. The van der Waals surface area contributed by atoms with Gasteiger partial charge < -0.3 is 9.30 Å². The molecule has 40 heavy (non-hydrogen) atoms. The lowest BCUT2D eigenvalue weighted by Crippen LogP contribution is -2.18. The number of ether oxygens (including phenoxy) is 1. The van der Waals surface area contributed by atoms with E-state index in [0.29, 0.717) is 75.2 Å². The minimum Gasteiger partial charge on any atom is -0.477 e. The zero-order valence-electron chi connectivity index (χ0n) is 22.8. The van der Waals surface area contributed by atoms with Gasteiger partial charge in [-0.05, 0) is 62.8 Å². The van der Waals surface area contributed by atoms with Crippen LogP contribution in [-0.4, -0.2) is 52.5 Å². The van der Waals surface area contributed by atoms with Crippen molar-refractivity contribution in [1.82, 2.24) is 24.3 Å². The molecule has 1 fully saturated rings. The van der Waals surface area contributed by atoms with Crippen LogP contribution in [-0.2, 0) is 23.3 Å². The van der Waals surface area contributed by atoms with Gasteiger partial charge in [0.1, 0.15) is 0 Å². The Kier molecular flexibility index (Phi) is 7.03. The van der Waals surface area contributed by atoms with Gasteiger partial charge >= 0.3 is 0 Å². The van der Waals surface area contributed by atoms with Crippen LogP contribution in [0.25, 0.3) is 22.3 Å². The third-order valence-corrected chi connectivity index (χ3v) is 10.2. The third kappa shape index (κ3) is 5.08. The Labute approximate surface area is 238 Å². The molecule has 4 aromatic rings. The Hall–Kier alpha value is -3.44. The number of rotatable bonds is 1. The van der Waals surface area contributed by atoms with Gasteiger partial charge in [-0.25, -0.2) is 13.9 Å². The van der Waals surface area contributed by atoms with Crippen LogP contribution in [0.4, 0.5) is 11.6 Å². The van der Waals surface area contributed by atoms with Crippen molar-refractivity contribution in [2.45, 2.75) is 46.1 Å². The maximum Gasteiger partial charge on any atom is 0.258 e. The SMILES string of the molecule is Cc1cc2cc(n1)-c1cnn(C)c1OCCC[C@@H](C)Cn1c(nc3ccc(N=S4(=O)CCCC4)c(Cl)c31)NC2=O. The van der Waals surface area contributed by atoms with E-state index >= 15 is 0 Å². The second-order valence-corrected chi connectivity index (χ2v) is 13.6. The molecule has 2 aliphatic heterocycles. The summed E-state index contributed by atoms with van der Waals surface area (Å²) in [5, 5.41) is 7.78. The monoisotopic (exact) mass is 581 g/mol. The summed E-state index contributed by atoms with van der Waals surface area (Å²) in [6.07, 6.45) is 5.23. The van der Waals surface area contributed by atoms with Crippen LogP contribution in [0.1, 0.15) is 48.7 Å². The fraction of sp³-hybridized carbons (Fsp3) is 0.429. The van der Waals surface area contributed by atoms with Crippen molar-refractivity contribution in [3.8, 4) is 17.1 Å². The molecule has 3 aromatic heterocycles. The second kappa shape index (κ2) is 10.5. The van der Waals surface area contributed by atoms with E-state index < -0.39 is 9.73 Å². The van der Waals surface area contributed by atoms with Gasteiger partial charge in [-0.15, -0.1) is 0 Å². The van der Waals surface area contributed by atoms with Gasteiger partial charge in [-0.2, -0.15) is 9.46 Å². The van der Waals surface area contributed by atoms with E-state index in [1.54, 1.807) is 29.1 Å². The summed E-state index contributed by atoms with van der Waals surface area (Å²) in [6.45, 7) is 5.09. The summed E-state index contributed by atoms with van der Waals surface area (Å²) in [5.41, 5.74) is 4.31. The minimum atomic E-state index is -2.31. The minimum absolute atomic E-state index is 0.223. The summed E-state index contributed by atoms with van der Waals surface area (Å²) in [7, 11) is -0.475. The van der Waals surface area contributed by atoms with Gasteiger partial charge in [0.2, 0.25) is 11.8 Å². The van der Waals surface area contributed by atoms with Gasteiger partial charge in [-0.1, -0.05) is 18.5 Å². The first-order valence-electron chi connectivity index (χ1n) is 13.6. The number of hydrogen-bond acceptors (Lipinski definition) is 7. The number of nitrogens with zero attached hydrogens (tertiary/aromatic N) is 6. The zero-order chi connectivity index (χ0) is 28.0. The molecule has 0 radical (unpaired) electrons. The van der Waals surface area contributed by atoms with Crippen LogP contribution in [0.5, 0.6) is 5.88 Å². The summed E-state index contributed by atoms with van der Waals surface area (Å²) in [5.74, 6) is 2.12. The number of aromatic nitrogens is 5. The molecular weight excluding hydrogens is 550 g/mol. The van der Waals surface area contributed by atoms with Gasteiger partial charge in [0.05, 0.1) is 55.5 Å². The lowest BCUT2D eigenvalue weighted by atomic mass is 10.1. The Morgan fingerprint density at radius 1 is 1.18 bits per heavy atom. The second-order valence-electron chi connectivity index (χ2n) is 10.7. The first-order chi connectivity index (χ1) is 19.2. The van der Waals surface area contributed by atoms with Crippen molar-refractivity contribution in [2.24, 2.45) is 17.3 Å². The van der Waals surface area contributed by atoms with Crippen molar-refractivity contribution in [2.75, 3.05) is 23.4 Å². The molecule has 5 heterocycles. The third-order valence-electron chi connectivity index (χ3n) is 7.44. The average molecular weight is 582 g/mol. The van der Waals surface area contributed by atoms with Crippen LogP contribution in [0, 0.1) is 12.8 Å². The van der Waals surface area contributed by atoms with E-state index in [2.05, 4.69) is 26.7 Å². The molecule has 6 rings (SSSR count). The first kappa shape index (κ1) is 26.8. The number of carbonyl (C=O) groups is 1. The number of hydrogen-bond donors (Lipinski definition) is 1. The molecule has 2 aliphatic rings. The van der Waals surface area contributed by atoms with E-state index in [1.165, 1.54) is 0 Å². The van der Waals surface area contributed by atoms with Gasteiger partial charge in [-0.3, -0.25) is 15.1 Å². The van der Waals surface area contributed by atoms with E-state index in [-0.39, 0.29) is 11.8 Å². The predicted octanol–water partition coefficient (Wildman–Crippen LogP) is 5.75. The van der Waals surface area contributed by atoms with Crippen molar-refractivity contribution in [3.05, 3.63) is 46.7 Å². The molecule has 1 N–H and O–H groups in total. The number of anilines is 1. The quantitative estimate of drug-likeness (QED) is 0.306. The number of nitrogens with one attached hydrogen (secondary N) is 1. The topological polar surface area (TPSA) is 116 Å². The number of benzene rings is 1. The highest BCUT2D eigenvalue weighted by Gasteiger charge is 2.23. The van der Waals surface area contributed by atoms with E-state index in [9.17, 15) is 9.00 Å². The Morgan fingerprint density at radius 3 is 2.77 bits per heavy atom. The van der Waals surface area contributed by atoms with Gasteiger partial charge in [0, 0.05) is 36.4 Å². The molecule has 12 heteroatoms. The zero-order valence-corrected chi connectivity index (χ0v) is 24.4. The number of amides is 1. The predicted molar refractivity (Wildman–Crippen MR) is 157 cm³/mol. The van der Waals surface area contributed by atoms with Crippen LogP contribution < -0.4 is 10.1 Å². The molecule has 1 aromatic carbocycles. The largest absolute Gasteiger partial charge is 0.477 e. The fourth-order valence-corrected chi connectivity index (χ4v) is 7.99. The van der Waals surface area contributed by atoms with Gasteiger partial charge in [0.15, 0.2) is 0 Å². The highest BCUT2D eigenvalue weighted by atomic mass is 35.5. The maximum absolute atomic E-state index is 13.6. The summed E-state index contributed by atoms with van der Waals surface area (Å²) < 4.78 is 27.6. The van der Waals surface area contributed by atoms with E-state index in [4.69, 9.17) is 21.3 Å². The van der Waals surface area contributed by atoms with Crippen LogP contribution in [0.15, 0.2) is 34.8 Å². The highest BCUT2D eigenvalue weighted by Crippen LogP contribution is 2.37. The Bertz CT molecular complexity index is 1740. The summed E-state index contributed by atoms with van der Waals surface area (Å²) >= 11 is 6.94. The molecule has 1 saturated heterocycles. The molecule has 1 amide bonds. The average Bonchev–Trinajstić information content (AvgIpc) is 3.60. The van der Waals surface area contributed by atoms with E-state index in [1.807, 2.05) is 24.6 Å². The molecule has 1 atom stereocenters. The fourth-order valence-electron chi connectivity index (χ4n) is 5.43. The molecule has 10 nitrogen and oxygen atoms in total. The van der Waals surface area contributed by atoms with Crippen LogP contribution >= 0.6 is 11.6 Å². The molecule has 0 spiro atoms. The van der Waals surface area contributed by atoms with Crippen molar-refractivity contribution >= 4 is 49.9 Å². The molecule has 210 valence electrons. The molecular formula is C28H32ClN7O3S. The summed E-state index contributed by atoms with van der Waals surface area (Å²) in [4.78, 5) is 23.0. The normalized spacial score (nSPS) is 19.2. The lowest BCUT2D eigenvalue weighted by molar-refractivity contribution is 0.102. The standard InChI is InChI=1S/C28H32ClN7O3S/c1-17-7-6-10-39-27-20(15-30-35(27)3)23-14-19(13-18(2)31-23)26(37)33-28-32-22-9-8-21(24(29)25(22)36(28)16-17)34-40(38)11-4-5-12-40/h8-9,13-15,17H,4-7,10-12,16H2,1-3H3,(H,32,33,37)/t17-/m1/s1. The highest BCUT2D eigenvalue weighted by molar-refractivity contribution is 7.93. The molecule has 2 bridgehead atoms. The molecule has 0 unspecified atom stereocenters. The smallest absolute Gasteiger partial charge is 0.258 e. The molecule has 0 saturated carbocycles. The number of carbonyl (C=O) groups excluding carboxylic acids is 1. The van der Waals surface area contributed by atoms with Crippen molar-refractivity contribution in [3.63, 3.8) is 0 Å². The number of halogens is 1. The number of pyridine rings is 1. The van der Waals surface area contributed by atoms with Crippen molar-refractivity contribution in [1.29, 1.82) is 0 Å². The van der Waals surface area contributed by atoms with Gasteiger partial charge in [0.25, 0.3) is 5.91 Å². The van der Waals surface area contributed by atoms with Crippen LogP contribution in [0.2, 0.25) is 5.02 Å². The van der Waals surface area contributed by atoms with Crippen LogP contribution in [0.3, 0.4) is 0 Å². The number of fused-ring (bicyclic) bond motifs is 7. The first-order valence-corrected chi connectivity index (χ1v) is 15.8. The van der Waals surface area contributed by atoms with Crippen molar-refractivity contribution < 1.29 is 13.7 Å². The number of aryl methyl sites for hydroxylation is 2. The Morgan fingerprint density at radius 2 is 1.98 bits per heavy atom. The Balaban J connectivity index is 1.47. The van der Waals surface area contributed by atoms with E-state index in [0.717, 1.165) is 31.2 Å². The molecule has 0 aliphatic carbocycles. The number of imidazole rings is 1. The lowest BCUT2D eigenvalue weighted by Gasteiger charge is -2.17. The maximum atomic E-state index is 13.6.